The molecule has 1 atom stereocenters. The quantitative estimate of drug-likeness (QED) is 0.875. The van der Waals surface area contributed by atoms with Crippen LogP contribution in [0, 0.1) is 5.92 Å². The summed E-state index contributed by atoms with van der Waals surface area (Å²) in [4.78, 5) is 25.8. The summed E-state index contributed by atoms with van der Waals surface area (Å²) in [6.07, 6.45) is 3.27. The number of nitrogens with zero attached hydrogens (tertiary/aromatic N) is 1. The Morgan fingerprint density at radius 1 is 1.38 bits per heavy atom. The first-order valence-corrected chi connectivity index (χ1v) is 7.50. The SMILES string of the molecule is O=C1CCCc2ccc(NC(=O)N3CCC(CO)C3)cc21. The molecular weight excluding hydrogens is 268 g/mol. The lowest BCUT2D eigenvalue weighted by Gasteiger charge is -2.19. The van der Waals surface area contributed by atoms with Crippen molar-refractivity contribution in [1.29, 1.82) is 0 Å². The van der Waals surface area contributed by atoms with Crippen LogP contribution in [-0.4, -0.2) is 41.5 Å². The Labute approximate surface area is 123 Å². The van der Waals surface area contributed by atoms with Gasteiger partial charge in [-0.25, -0.2) is 4.79 Å². The average molecular weight is 288 g/mol. The summed E-state index contributed by atoms with van der Waals surface area (Å²) in [5, 5.41) is 12.0. The Balaban J connectivity index is 1.69. The number of rotatable bonds is 2. The number of hydrogen-bond donors (Lipinski definition) is 2. The van der Waals surface area contributed by atoms with Gasteiger partial charge in [-0.15, -0.1) is 0 Å². The third kappa shape index (κ3) is 2.93. The number of ketones is 1. The van der Waals surface area contributed by atoms with Gasteiger partial charge < -0.3 is 15.3 Å². The number of aliphatic hydroxyl groups excluding tert-OH is 1. The van der Waals surface area contributed by atoms with E-state index >= 15 is 0 Å². The highest BCUT2D eigenvalue weighted by atomic mass is 16.3. The minimum absolute atomic E-state index is 0.122. The third-order valence-electron chi connectivity index (χ3n) is 4.34. The monoisotopic (exact) mass is 288 g/mol. The molecule has 2 aliphatic rings. The van der Waals surface area contributed by atoms with Crippen molar-refractivity contribution in [3.8, 4) is 0 Å². The van der Waals surface area contributed by atoms with Gasteiger partial charge in [-0.05, 0) is 37.0 Å². The number of carbonyl (C=O) groups excluding carboxylic acids is 2. The summed E-state index contributed by atoms with van der Waals surface area (Å²) in [5.74, 6) is 0.342. The van der Waals surface area contributed by atoms with Gasteiger partial charge in [0.25, 0.3) is 0 Å². The van der Waals surface area contributed by atoms with Crippen molar-refractivity contribution in [3.05, 3.63) is 29.3 Å². The van der Waals surface area contributed by atoms with E-state index in [-0.39, 0.29) is 24.3 Å². The number of carbonyl (C=O) groups is 2. The first kappa shape index (κ1) is 14.1. The number of urea groups is 1. The van der Waals surface area contributed by atoms with Crippen molar-refractivity contribution < 1.29 is 14.7 Å². The van der Waals surface area contributed by atoms with Gasteiger partial charge >= 0.3 is 6.03 Å². The number of aryl methyl sites for hydroxylation is 1. The maximum absolute atomic E-state index is 12.2. The molecule has 0 bridgehead atoms. The van der Waals surface area contributed by atoms with Crippen molar-refractivity contribution in [3.63, 3.8) is 0 Å². The Bertz CT molecular complexity index is 571. The van der Waals surface area contributed by atoms with Crippen LogP contribution in [-0.2, 0) is 6.42 Å². The highest BCUT2D eigenvalue weighted by molar-refractivity contribution is 6.00. The number of amides is 2. The van der Waals surface area contributed by atoms with Crippen molar-refractivity contribution in [2.45, 2.75) is 25.7 Å². The second kappa shape index (κ2) is 5.85. The number of fused-ring (bicyclic) bond motifs is 1. The molecule has 0 saturated carbocycles. The zero-order valence-electron chi connectivity index (χ0n) is 12.0. The molecule has 1 saturated heterocycles. The first-order chi connectivity index (χ1) is 10.2. The van der Waals surface area contributed by atoms with Gasteiger partial charge in [0.15, 0.2) is 5.78 Å². The number of hydrogen-bond acceptors (Lipinski definition) is 3. The number of anilines is 1. The van der Waals surface area contributed by atoms with Crippen LogP contribution in [0.4, 0.5) is 10.5 Å². The summed E-state index contributed by atoms with van der Waals surface area (Å²) in [5.41, 5.74) is 2.49. The fraction of sp³-hybridized carbons (Fsp3) is 0.500. The number of nitrogens with one attached hydrogen (secondary N) is 1. The molecule has 5 heteroatoms. The summed E-state index contributed by atoms with van der Waals surface area (Å²) in [6, 6.07) is 5.42. The lowest BCUT2D eigenvalue weighted by atomic mass is 9.90. The smallest absolute Gasteiger partial charge is 0.321 e. The molecule has 1 aliphatic carbocycles. The molecular formula is C16H20N2O3. The van der Waals surface area contributed by atoms with E-state index < -0.39 is 0 Å². The molecule has 112 valence electrons. The number of likely N-dealkylation sites (tertiary alicyclic amines) is 1. The minimum Gasteiger partial charge on any atom is -0.396 e. The fourth-order valence-corrected chi connectivity index (χ4v) is 3.07. The minimum atomic E-state index is -0.158. The summed E-state index contributed by atoms with van der Waals surface area (Å²) in [6.45, 7) is 1.38. The molecule has 0 aromatic heterocycles. The molecule has 1 aliphatic heterocycles. The summed E-state index contributed by atoms with van der Waals surface area (Å²) in [7, 11) is 0. The van der Waals surface area contributed by atoms with Gasteiger partial charge in [0.05, 0.1) is 0 Å². The third-order valence-corrected chi connectivity index (χ3v) is 4.34. The van der Waals surface area contributed by atoms with Crippen LogP contribution in [0.15, 0.2) is 18.2 Å². The Hall–Kier alpha value is -1.88. The molecule has 21 heavy (non-hydrogen) atoms. The topological polar surface area (TPSA) is 69.6 Å². The number of benzene rings is 1. The lowest BCUT2D eigenvalue weighted by Crippen LogP contribution is -2.33. The van der Waals surface area contributed by atoms with Crippen LogP contribution in [0.1, 0.15) is 35.2 Å². The Morgan fingerprint density at radius 2 is 2.24 bits per heavy atom. The number of Topliss-reactive ketones (excluding diaryl/α,β-unsaturated/α-hetero) is 1. The molecule has 1 aromatic carbocycles. The van der Waals surface area contributed by atoms with E-state index in [2.05, 4.69) is 5.32 Å². The molecule has 0 spiro atoms. The molecule has 2 amide bonds. The van der Waals surface area contributed by atoms with Gasteiger partial charge in [-0.3, -0.25) is 4.79 Å². The van der Waals surface area contributed by atoms with Crippen LogP contribution in [0.2, 0.25) is 0 Å². The zero-order valence-corrected chi connectivity index (χ0v) is 12.0. The fourth-order valence-electron chi connectivity index (χ4n) is 3.07. The Morgan fingerprint density at radius 3 is 3.00 bits per heavy atom. The molecule has 3 rings (SSSR count). The first-order valence-electron chi connectivity index (χ1n) is 7.50. The van der Waals surface area contributed by atoms with Gasteiger partial charge in [-0.1, -0.05) is 6.07 Å². The van der Waals surface area contributed by atoms with E-state index in [1.54, 1.807) is 11.0 Å². The molecule has 1 heterocycles. The second-order valence-electron chi connectivity index (χ2n) is 5.86. The van der Waals surface area contributed by atoms with Crippen molar-refractivity contribution in [2.24, 2.45) is 5.92 Å². The predicted molar refractivity (Wildman–Crippen MR) is 79.5 cm³/mol. The lowest BCUT2D eigenvalue weighted by molar-refractivity contribution is 0.0972. The predicted octanol–water partition coefficient (Wildman–Crippen LogP) is 2.05. The highest BCUT2D eigenvalue weighted by Crippen LogP contribution is 2.25. The van der Waals surface area contributed by atoms with Crippen molar-refractivity contribution in [1.82, 2.24) is 4.90 Å². The maximum Gasteiger partial charge on any atom is 0.321 e. The van der Waals surface area contributed by atoms with E-state index in [1.165, 1.54) is 0 Å². The van der Waals surface area contributed by atoms with E-state index in [0.717, 1.165) is 30.4 Å². The Kier molecular flexibility index (Phi) is 3.92. The summed E-state index contributed by atoms with van der Waals surface area (Å²) >= 11 is 0. The maximum atomic E-state index is 12.2. The van der Waals surface area contributed by atoms with Crippen LogP contribution in [0.3, 0.4) is 0 Å². The van der Waals surface area contributed by atoms with E-state index in [4.69, 9.17) is 5.11 Å². The molecule has 1 fully saturated rings. The van der Waals surface area contributed by atoms with Gasteiger partial charge in [0, 0.05) is 43.3 Å². The van der Waals surface area contributed by atoms with E-state index in [1.807, 2.05) is 12.1 Å². The van der Waals surface area contributed by atoms with E-state index in [0.29, 0.717) is 25.2 Å². The molecule has 1 unspecified atom stereocenters. The van der Waals surface area contributed by atoms with Gasteiger partial charge in [0.1, 0.15) is 0 Å². The van der Waals surface area contributed by atoms with Gasteiger partial charge in [0.2, 0.25) is 0 Å². The summed E-state index contributed by atoms with van der Waals surface area (Å²) < 4.78 is 0. The van der Waals surface area contributed by atoms with Crippen LogP contribution in [0.5, 0.6) is 0 Å². The molecule has 2 N–H and O–H groups in total. The van der Waals surface area contributed by atoms with Crippen LogP contribution >= 0.6 is 0 Å². The zero-order chi connectivity index (χ0) is 14.8. The normalized spacial score (nSPS) is 21.3. The highest BCUT2D eigenvalue weighted by Gasteiger charge is 2.26. The van der Waals surface area contributed by atoms with Crippen molar-refractivity contribution in [2.75, 3.05) is 25.0 Å². The standard InChI is InChI=1S/C16H20N2O3/c19-10-11-6-7-18(9-11)16(21)17-13-5-4-12-2-1-3-15(20)14(12)8-13/h4-5,8,11,19H,1-3,6-7,9-10H2,(H,17,21). The molecule has 5 nitrogen and oxygen atoms in total. The van der Waals surface area contributed by atoms with Crippen LogP contribution in [0.25, 0.3) is 0 Å². The van der Waals surface area contributed by atoms with E-state index in [9.17, 15) is 9.59 Å². The largest absolute Gasteiger partial charge is 0.396 e. The van der Waals surface area contributed by atoms with Crippen LogP contribution < -0.4 is 5.32 Å². The second-order valence-corrected chi connectivity index (χ2v) is 5.86. The average Bonchev–Trinajstić information content (AvgIpc) is 2.97. The molecule has 1 aromatic rings. The molecule has 0 radical (unpaired) electrons. The van der Waals surface area contributed by atoms with Gasteiger partial charge in [-0.2, -0.15) is 0 Å². The van der Waals surface area contributed by atoms with Crippen molar-refractivity contribution >= 4 is 17.5 Å². The number of aliphatic hydroxyl groups is 1.